The van der Waals surface area contributed by atoms with E-state index in [0.717, 1.165) is 41.9 Å². The number of pyridine rings is 1. The molecule has 1 aromatic carbocycles. The number of carbonyl (C=O) groups excluding carboxylic acids is 1. The van der Waals surface area contributed by atoms with Crippen LogP contribution in [-0.4, -0.2) is 32.3 Å². The number of imidazole rings is 1. The molecule has 0 spiro atoms. The minimum Gasteiger partial charge on any atom is -0.337 e. The maximum absolute atomic E-state index is 11.8. The van der Waals surface area contributed by atoms with Crippen LogP contribution in [0.4, 0.5) is 0 Å². The van der Waals surface area contributed by atoms with Gasteiger partial charge in [-0.25, -0.2) is 4.98 Å². The molecule has 1 aliphatic rings. The molecule has 1 atom stereocenters. The molecule has 2 aromatic heterocycles. The number of aromatic nitrogens is 3. The number of likely N-dealkylation sites (tertiary alicyclic amines) is 1. The van der Waals surface area contributed by atoms with Crippen LogP contribution in [0.1, 0.15) is 31.4 Å². The summed E-state index contributed by atoms with van der Waals surface area (Å²) >= 11 is 0. The summed E-state index contributed by atoms with van der Waals surface area (Å²) in [5, 5.41) is 0. The lowest BCUT2D eigenvalue weighted by Gasteiger charge is -2.23. The van der Waals surface area contributed by atoms with Gasteiger partial charge in [0.1, 0.15) is 5.69 Å². The van der Waals surface area contributed by atoms with Crippen molar-refractivity contribution in [1.29, 1.82) is 0 Å². The van der Waals surface area contributed by atoms with E-state index in [-0.39, 0.29) is 11.9 Å². The van der Waals surface area contributed by atoms with E-state index in [1.54, 1.807) is 13.1 Å². The van der Waals surface area contributed by atoms with Crippen molar-refractivity contribution >= 4 is 16.9 Å². The van der Waals surface area contributed by atoms with Gasteiger partial charge >= 0.3 is 0 Å². The summed E-state index contributed by atoms with van der Waals surface area (Å²) in [6.45, 7) is 2.49. The minimum atomic E-state index is 0.145. The summed E-state index contributed by atoms with van der Waals surface area (Å²) in [7, 11) is 0. The van der Waals surface area contributed by atoms with E-state index in [2.05, 4.69) is 27.1 Å². The van der Waals surface area contributed by atoms with E-state index in [0.29, 0.717) is 0 Å². The van der Waals surface area contributed by atoms with Crippen LogP contribution in [0.25, 0.3) is 22.6 Å². The van der Waals surface area contributed by atoms with Crippen LogP contribution in [0.15, 0.2) is 42.6 Å². The van der Waals surface area contributed by atoms with E-state index < -0.39 is 0 Å². The van der Waals surface area contributed by atoms with Crippen molar-refractivity contribution in [3.63, 3.8) is 0 Å². The fourth-order valence-electron chi connectivity index (χ4n) is 3.35. The monoisotopic (exact) mass is 306 g/mol. The molecule has 1 amide bonds. The van der Waals surface area contributed by atoms with Gasteiger partial charge in [0.25, 0.3) is 0 Å². The van der Waals surface area contributed by atoms with Crippen molar-refractivity contribution in [2.45, 2.75) is 25.8 Å². The highest BCUT2D eigenvalue weighted by Gasteiger charge is 2.28. The number of H-pyrrole nitrogens is 1. The fraction of sp³-hybridized carbons (Fsp3) is 0.278. The predicted molar refractivity (Wildman–Crippen MR) is 88.7 cm³/mol. The number of nitrogens with zero attached hydrogens (tertiary/aromatic N) is 3. The Balaban J connectivity index is 1.72. The van der Waals surface area contributed by atoms with Crippen LogP contribution in [-0.2, 0) is 4.79 Å². The number of benzene rings is 1. The van der Waals surface area contributed by atoms with Crippen molar-refractivity contribution in [3.05, 3.63) is 48.2 Å². The molecule has 3 heterocycles. The normalized spacial score (nSPS) is 17.8. The molecule has 1 saturated heterocycles. The molecule has 0 saturated carbocycles. The van der Waals surface area contributed by atoms with Crippen LogP contribution in [0, 0.1) is 0 Å². The molecule has 0 radical (unpaired) electrons. The van der Waals surface area contributed by atoms with E-state index in [9.17, 15) is 4.79 Å². The Kier molecular flexibility index (Phi) is 3.33. The molecule has 1 aliphatic heterocycles. The lowest BCUT2D eigenvalue weighted by Crippen LogP contribution is -2.27. The zero-order valence-corrected chi connectivity index (χ0v) is 13.0. The first-order chi connectivity index (χ1) is 11.2. The Morgan fingerprint density at radius 3 is 3.00 bits per heavy atom. The Morgan fingerprint density at radius 2 is 2.22 bits per heavy atom. The van der Waals surface area contributed by atoms with Gasteiger partial charge in [-0.3, -0.25) is 9.78 Å². The topological polar surface area (TPSA) is 61.9 Å². The molecule has 0 bridgehead atoms. The molecule has 1 fully saturated rings. The summed E-state index contributed by atoms with van der Waals surface area (Å²) in [5.41, 5.74) is 3.90. The van der Waals surface area contributed by atoms with E-state index in [1.165, 1.54) is 5.56 Å². The summed E-state index contributed by atoms with van der Waals surface area (Å²) in [4.78, 5) is 26.0. The first kappa shape index (κ1) is 13.9. The number of nitrogens with one attached hydrogen (secondary N) is 1. The highest BCUT2D eigenvalue weighted by Crippen LogP contribution is 2.33. The lowest BCUT2D eigenvalue weighted by molar-refractivity contribution is -0.129. The van der Waals surface area contributed by atoms with E-state index in [4.69, 9.17) is 0 Å². The van der Waals surface area contributed by atoms with Crippen LogP contribution in [0.3, 0.4) is 0 Å². The Bertz CT molecular complexity index is 856. The van der Waals surface area contributed by atoms with E-state index in [1.807, 2.05) is 29.2 Å². The molecule has 5 heteroatoms. The van der Waals surface area contributed by atoms with E-state index >= 15 is 0 Å². The average molecular weight is 306 g/mol. The largest absolute Gasteiger partial charge is 0.337 e. The number of carbonyl (C=O) groups is 1. The molecule has 3 aromatic rings. The number of amides is 1. The average Bonchev–Trinajstić information content (AvgIpc) is 3.21. The van der Waals surface area contributed by atoms with Crippen LogP contribution in [0.2, 0.25) is 0 Å². The van der Waals surface area contributed by atoms with Crippen LogP contribution in [0.5, 0.6) is 0 Å². The summed E-state index contributed by atoms with van der Waals surface area (Å²) in [5.74, 6) is 0.916. The van der Waals surface area contributed by atoms with Crippen molar-refractivity contribution in [3.8, 4) is 11.5 Å². The molecular weight excluding hydrogens is 288 g/mol. The van der Waals surface area contributed by atoms with Gasteiger partial charge < -0.3 is 9.88 Å². The molecule has 23 heavy (non-hydrogen) atoms. The number of aromatic amines is 1. The Labute approximate surface area is 134 Å². The summed E-state index contributed by atoms with van der Waals surface area (Å²) < 4.78 is 0. The van der Waals surface area contributed by atoms with Gasteiger partial charge in [-0.15, -0.1) is 0 Å². The second kappa shape index (κ2) is 5.50. The summed E-state index contributed by atoms with van der Waals surface area (Å²) in [6.07, 6.45) is 3.84. The summed E-state index contributed by atoms with van der Waals surface area (Å²) in [6, 6.07) is 12.2. The first-order valence-corrected chi connectivity index (χ1v) is 7.90. The van der Waals surface area contributed by atoms with Crippen LogP contribution >= 0.6 is 0 Å². The quantitative estimate of drug-likeness (QED) is 0.790. The second-order valence-electron chi connectivity index (χ2n) is 5.95. The van der Waals surface area contributed by atoms with Crippen molar-refractivity contribution in [2.75, 3.05) is 6.54 Å². The molecule has 116 valence electrons. The minimum absolute atomic E-state index is 0.145. The second-order valence-corrected chi connectivity index (χ2v) is 5.95. The van der Waals surface area contributed by atoms with Gasteiger partial charge in [-0.05, 0) is 42.7 Å². The number of rotatable bonds is 2. The fourth-order valence-corrected chi connectivity index (χ4v) is 3.35. The molecule has 5 nitrogen and oxygen atoms in total. The highest BCUT2D eigenvalue weighted by atomic mass is 16.2. The third kappa shape index (κ3) is 2.48. The number of hydrogen-bond donors (Lipinski definition) is 1. The zero-order chi connectivity index (χ0) is 15.8. The van der Waals surface area contributed by atoms with Gasteiger partial charge in [0, 0.05) is 19.7 Å². The predicted octanol–water partition coefficient (Wildman–Crippen LogP) is 3.31. The maximum atomic E-state index is 11.8. The van der Waals surface area contributed by atoms with Crippen molar-refractivity contribution in [2.24, 2.45) is 0 Å². The Hall–Kier alpha value is -2.69. The molecule has 0 aliphatic carbocycles. The molecule has 4 rings (SSSR count). The van der Waals surface area contributed by atoms with Gasteiger partial charge in [0.05, 0.1) is 17.1 Å². The zero-order valence-electron chi connectivity index (χ0n) is 13.0. The SMILES string of the molecule is CC(=O)N1CCCC1c1ccc2nc(-c3ccccn3)[nH]c2c1. The third-order valence-corrected chi connectivity index (χ3v) is 4.46. The molecule has 1 unspecified atom stereocenters. The lowest BCUT2D eigenvalue weighted by atomic mass is 10.0. The van der Waals surface area contributed by atoms with Gasteiger partial charge in [-0.2, -0.15) is 0 Å². The van der Waals surface area contributed by atoms with Gasteiger partial charge in [0.2, 0.25) is 5.91 Å². The first-order valence-electron chi connectivity index (χ1n) is 7.90. The van der Waals surface area contributed by atoms with Gasteiger partial charge in [-0.1, -0.05) is 12.1 Å². The smallest absolute Gasteiger partial charge is 0.219 e. The van der Waals surface area contributed by atoms with Crippen molar-refractivity contribution in [1.82, 2.24) is 19.9 Å². The number of hydrogen-bond acceptors (Lipinski definition) is 3. The Morgan fingerprint density at radius 1 is 1.30 bits per heavy atom. The van der Waals surface area contributed by atoms with Gasteiger partial charge in [0.15, 0.2) is 5.82 Å². The van der Waals surface area contributed by atoms with Crippen LogP contribution < -0.4 is 0 Å². The maximum Gasteiger partial charge on any atom is 0.219 e. The van der Waals surface area contributed by atoms with Crippen molar-refractivity contribution < 1.29 is 4.79 Å². The third-order valence-electron chi connectivity index (χ3n) is 4.46. The molecule has 1 N–H and O–H groups in total. The number of fused-ring (bicyclic) bond motifs is 1. The molecular formula is C18H18N4O. The standard InChI is InChI=1S/C18H18N4O/c1-12(23)22-10-4-6-17(22)13-7-8-14-16(11-13)21-18(20-14)15-5-2-3-9-19-15/h2-3,5,7-9,11,17H,4,6,10H2,1H3,(H,20,21). The highest BCUT2D eigenvalue weighted by molar-refractivity contribution is 5.80.